The summed E-state index contributed by atoms with van der Waals surface area (Å²) >= 11 is 5.92. The number of rotatable bonds is 5. The Morgan fingerprint density at radius 1 is 1.23 bits per heavy atom. The molecule has 2 N–H and O–H groups in total. The SMILES string of the molecule is [C-]#[N+]c1ccc(Nc2nc(NC)c3c(n2)[C@H](c2ccc(Cl)cc2F)CC3)cc1OC. The fourth-order valence-electron chi connectivity index (χ4n) is 3.79. The molecule has 3 aromatic rings. The van der Waals surface area contributed by atoms with Gasteiger partial charge in [-0.05, 0) is 42.7 Å². The first-order valence-corrected chi connectivity index (χ1v) is 9.78. The Morgan fingerprint density at radius 3 is 2.77 bits per heavy atom. The maximum Gasteiger partial charge on any atom is 0.229 e. The molecule has 1 aliphatic carbocycles. The highest BCUT2D eigenvalue weighted by molar-refractivity contribution is 6.30. The number of hydrogen-bond donors (Lipinski definition) is 2. The largest absolute Gasteiger partial charge is 0.508 e. The van der Waals surface area contributed by atoms with Crippen LogP contribution in [0.25, 0.3) is 4.85 Å². The molecule has 0 aliphatic heterocycles. The van der Waals surface area contributed by atoms with Gasteiger partial charge in [-0.25, -0.2) is 14.2 Å². The van der Waals surface area contributed by atoms with Crippen LogP contribution < -0.4 is 15.4 Å². The second kappa shape index (κ2) is 8.17. The molecule has 152 valence electrons. The van der Waals surface area contributed by atoms with E-state index in [9.17, 15) is 4.39 Å². The Morgan fingerprint density at radius 2 is 2.07 bits per heavy atom. The minimum Gasteiger partial charge on any atom is -0.508 e. The highest BCUT2D eigenvalue weighted by Gasteiger charge is 2.31. The monoisotopic (exact) mass is 423 g/mol. The number of fused-ring (bicyclic) bond motifs is 1. The molecule has 8 heteroatoms. The van der Waals surface area contributed by atoms with Crippen molar-refractivity contribution in [2.24, 2.45) is 0 Å². The van der Waals surface area contributed by atoms with E-state index >= 15 is 0 Å². The van der Waals surface area contributed by atoms with Crippen LogP contribution in [-0.4, -0.2) is 24.1 Å². The van der Waals surface area contributed by atoms with Crippen molar-refractivity contribution >= 4 is 34.7 Å². The molecule has 0 amide bonds. The second-order valence-electron chi connectivity index (χ2n) is 6.89. The third-order valence-corrected chi connectivity index (χ3v) is 5.42. The molecule has 1 aliphatic rings. The Bertz CT molecular complexity index is 1160. The molecule has 0 bridgehead atoms. The van der Waals surface area contributed by atoms with Crippen molar-refractivity contribution in [2.75, 3.05) is 24.8 Å². The van der Waals surface area contributed by atoms with Gasteiger partial charge in [0, 0.05) is 29.2 Å². The van der Waals surface area contributed by atoms with E-state index in [2.05, 4.69) is 20.5 Å². The van der Waals surface area contributed by atoms with Gasteiger partial charge in [0.05, 0.1) is 19.4 Å². The molecule has 1 heterocycles. The molecule has 0 fully saturated rings. The maximum absolute atomic E-state index is 14.6. The van der Waals surface area contributed by atoms with Gasteiger partial charge < -0.3 is 15.4 Å². The minimum atomic E-state index is -0.334. The zero-order valence-corrected chi connectivity index (χ0v) is 17.2. The topological polar surface area (TPSA) is 63.4 Å². The first-order valence-electron chi connectivity index (χ1n) is 9.40. The predicted octanol–water partition coefficient (Wildman–Crippen LogP) is 5.69. The lowest BCUT2D eigenvalue weighted by molar-refractivity contribution is 0.417. The summed E-state index contributed by atoms with van der Waals surface area (Å²) in [6.07, 6.45) is 1.50. The first-order chi connectivity index (χ1) is 14.5. The third-order valence-electron chi connectivity index (χ3n) is 5.18. The number of hydrogen-bond acceptors (Lipinski definition) is 5. The number of nitrogens with one attached hydrogen (secondary N) is 2. The van der Waals surface area contributed by atoms with Crippen LogP contribution in [0.5, 0.6) is 5.75 Å². The number of methoxy groups -OCH3 is 1. The van der Waals surface area contributed by atoms with E-state index in [4.69, 9.17) is 27.9 Å². The third kappa shape index (κ3) is 3.62. The van der Waals surface area contributed by atoms with Gasteiger partial charge in [-0.1, -0.05) is 23.7 Å². The van der Waals surface area contributed by atoms with Gasteiger partial charge in [0.2, 0.25) is 11.6 Å². The van der Waals surface area contributed by atoms with E-state index in [0.717, 1.165) is 24.1 Å². The van der Waals surface area contributed by atoms with Gasteiger partial charge in [-0.3, -0.25) is 0 Å². The van der Waals surface area contributed by atoms with Crippen LogP contribution in [0.2, 0.25) is 5.02 Å². The lowest BCUT2D eigenvalue weighted by Crippen LogP contribution is -2.08. The summed E-state index contributed by atoms with van der Waals surface area (Å²) in [6, 6.07) is 9.91. The van der Waals surface area contributed by atoms with Gasteiger partial charge >= 0.3 is 0 Å². The summed E-state index contributed by atoms with van der Waals surface area (Å²) in [6.45, 7) is 7.20. The smallest absolute Gasteiger partial charge is 0.229 e. The van der Waals surface area contributed by atoms with Crippen molar-refractivity contribution in [1.29, 1.82) is 0 Å². The zero-order chi connectivity index (χ0) is 21.3. The molecule has 1 aromatic heterocycles. The fourth-order valence-corrected chi connectivity index (χ4v) is 3.95. The summed E-state index contributed by atoms with van der Waals surface area (Å²) in [5.41, 5.74) is 3.47. The molecule has 1 atom stereocenters. The summed E-state index contributed by atoms with van der Waals surface area (Å²) < 4.78 is 19.9. The maximum atomic E-state index is 14.6. The molecule has 0 saturated heterocycles. The molecule has 6 nitrogen and oxygen atoms in total. The molecule has 0 unspecified atom stereocenters. The number of nitrogens with zero attached hydrogens (tertiary/aromatic N) is 3. The summed E-state index contributed by atoms with van der Waals surface area (Å²) in [5, 5.41) is 6.66. The molecule has 4 rings (SSSR count). The van der Waals surface area contributed by atoms with Crippen LogP contribution in [0, 0.1) is 12.4 Å². The average Bonchev–Trinajstić information content (AvgIpc) is 3.16. The Labute approximate surface area is 178 Å². The molecular weight excluding hydrogens is 405 g/mol. The van der Waals surface area contributed by atoms with E-state index in [1.807, 2.05) is 0 Å². The number of anilines is 3. The van der Waals surface area contributed by atoms with Crippen LogP contribution in [0.4, 0.5) is 27.5 Å². The number of ether oxygens (including phenoxy) is 1. The van der Waals surface area contributed by atoms with Crippen molar-refractivity contribution in [2.45, 2.75) is 18.8 Å². The zero-order valence-electron chi connectivity index (χ0n) is 16.5. The second-order valence-corrected chi connectivity index (χ2v) is 7.33. The van der Waals surface area contributed by atoms with Gasteiger partial charge in [0.1, 0.15) is 17.4 Å². The van der Waals surface area contributed by atoms with Crippen molar-refractivity contribution in [3.05, 3.63) is 75.5 Å². The van der Waals surface area contributed by atoms with Gasteiger partial charge in [0.25, 0.3) is 0 Å². The Hall–Kier alpha value is -3.37. The van der Waals surface area contributed by atoms with Crippen molar-refractivity contribution in [1.82, 2.24) is 9.97 Å². The highest BCUT2D eigenvalue weighted by Crippen LogP contribution is 2.41. The van der Waals surface area contributed by atoms with Crippen LogP contribution in [0.15, 0.2) is 36.4 Å². The summed E-state index contributed by atoms with van der Waals surface area (Å²) in [5.74, 6) is 1.05. The molecule has 0 spiro atoms. The van der Waals surface area contributed by atoms with Crippen LogP contribution >= 0.6 is 11.6 Å². The normalized spacial score (nSPS) is 14.7. The molecule has 0 radical (unpaired) electrons. The van der Waals surface area contributed by atoms with E-state index in [0.29, 0.717) is 39.5 Å². The number of aromatic nitrogens is 2. The minimum absolute atomic E-state index is 0.174. The first kappa shape index (κ1) is 19.9. The van der Waals surface area contributed by atoms with E-state index in [1.54, 1.807) is 37.4 Å². The standard InChI is InChI=1S/C22H19ClFN5O/c1-25-18-9-5-13(11-19(18)30-3)27-22-28-20-15(7-8-16(20)21(26-2)29-22)14-6-4-12(23)10-17(14)24/h4-6,9-11,15H,7-8H2,2-3H3,(H2,26,27,28,29)/t15-/m0/s1. The number of benzene rings is 2. The van der Waals surface area contributed by atoms with Gasteiger partial charge in [0.15, 0.2) is 0 Å². The highest BCUT2D eigenvalue weighted by atomic mass is 35.5. The lowest BCUT2D eigenvalue weighted by atomic mass is 9.96. The molecular formula is C22H19ClFN5O. The lowest BCUT2D eigenvalue weighted by Gasteiger charge is -2.16. The van der Waals surface area contributed by atoms with Crippen LogP contribution in [0.1, 0.15) is 29.2 Å². The Kier molecular flexibility index (Phi) is 5.42. The van der Waals surface area contributed by atoms with E-state index < -0.39 is 0 Å². The van der Waals surface area contributed by atoms with E-state index in [1.165, 1.54) is 13.2 Å². The van der Waals surface area contributed by atoms with Crippen molar-refractivity contribution in [3.63, 3.8) is 0 Å². The Balaban J connectivity index is 1.73. The predicted molar refractivity (Wildman–Crippen MR) is 116 cm³/mol. The quantitative estimate of drug-likeness (QED) is 0.516. The molecule has 30 heavy (non-hydrogen) atoms. The van der Waals surface area contributed by atoms with Gasteiger partial charge in [-0.15, -0.1) is 0 Å². The molecule has 0 saturated carbocycles. The summed E-state index contributed by atoms with van der Waals surface area (Å²) in [7, 11) is 3.32. The van der Waals surface area contributed by atoms with Crippen LogP contribution in [-0.2, 0) is 6.42 Å². The van der Waals surface area contributed by atoms with Crippen LogP contribution in [0.3, 0.4) is 0 Å². The van der Waals surface area contributed by atoms with Gasteiger partial charge in [-0.2, -0.15) is 4.98 Å². The molecule has 2 aromatic carbocycles. The fraction of sp³-hybridized carbons (Fsp3) is 0.227. The van der Waals surface area contributed by atoms with E-state index in [-0.39, 0.29) is 11.7 Å². The number of halogens is 2. The van der Waals surface area contributed by atoms with Crippen molar-refractivity contribution in [3.8, 4) is 5.75 Å². The van der Waals surface area contributed by atoms with Crippen molar-refractivity contribution < 1.29 is 9.13 Å². The summed E-state index contributed by atoms with van der Waals surface area (Å²) in [4.78, 5) is 12.7. The average molecular weight is 424 g/mol.